The maximum absolute atomic E-state index is 13.7. The summed E-state index contributed by atoms with van der Waals surface area (Å²) in [7, 11) is 0. The van der Waals surface area contributed by atoms with E-state index in [1.165, 1.54) is 22.4 Å². The highest BCUT2D eigenvalue weighted by Gasteiger charge is 2.35. The Morgan fingerprint density at radius 1 is 1.06 bits per heavy atom. The molecule has 1 aliphatic carbocycles. The second-order valence-corrected chi connectivity index (χ2v) is 12.0. The summed E-state index contributed by atoms with van der Waals surface area (Å²) in [6, 6.07) is 10.9. The Kier molecular flexibility index (Phi) is 7.81. The lowest BCUT2D eigenvalue weighted by molar-refractivity contribution is -0.144. The Morgan fingerprint density at radius 3 is 2.41 bits per heavy atom. The van der Waals surface area contributed by atoms with Gasteiger partial charge in [-0.1, -0.05) is 71.2 Å². The van der Waals surface area contributed by atoms with Crippen LogP contribution in [0.1, 0.15) is 93.8 Å². The average molecular weight is 481 g/mol. The molecule has 1 saturated carbocycles. The Morgan fingerprint density at radius 2 is 1.76 bits per heavy atom. The summed E-state index contributed by atoms with van der Waals surface area (Å²) in [5.41, 5.74) is 3.78. The Bertz CT molecular complexity index is 982. The van der Waals surface area contributed by atoms with Crippen LogP contribution in [0.15, 0.2) is 35.7 Å². The second kappa shape index (κ2) is 10.6. The molecule has 2 amide bonds. The van der Waals surface area contributed by atoms with Gasteiger partial charge in [-0.15, -0.1) is 11.3 Å². The average Bonchev–Trinajstić information content (AvgIpc) is 3.31. The zero-order chi connectivity index (χ0) is 24.3. The van der Waals surface area contributed by atoms with E-state index in [9.17, 15) is 9.59 Å². The van der Waals surface area contributed by atoms with Crippen molar-refractivity contribution in [1.82, 2.24) is 9.80 Å². The molecular weight excluding hydrogens is 440 g/mol. The number of carbonyl (C=O) groups is 2. The van der Waals surface area contributed by atoms with E-state index < -0.39 is 0 Å². The fourth-order valence-corrected chi connectivity index (χ4v) is 6.41. The van der Waals surface area contributed by atoms with E-state index in [0.29, 0.717) is 13.1 Å². The summed E-state index contributed by atoms with van der Waals surface area (Å²) in [4.78, 5) is 32.3. The normalized spacial score (nSPS) is 19.1. The highest BCUT2D eigenvalue weighted by atomic mass is 32.1. The molecule has 4 rings (SSSR count). The quantitative estimate of drug-likeness (QED) is 0.484. The van der Waals surface area contributed by atoms with Crippen molar-refractivity contribution in [2.45, 2.75) is 84.1 Å². The van der Waals surface area contributed by atoms with Gasteiger partial charge in [-0.25, -0.2) is 0 Å². The standard InChI is InChI=1S/C29H40N2O2S/c1-5-17-30(28(33)22-9-7-6-8-10-22)20-26(32)31-18-15-25-24(16-19-34-25)27(31)21-11-13-23(14-12-21)29(2,3)4/h11-14,16,19,22,27H,5-10,15,17-18,20H2,1-4H3. The third kappa shape index (κ3) is 5.40. The number of nitrogens with zero attached hydrogens (tertiary/aromatic N) is 2. The molecule has 1 aromatic carbocycles. The summed E-state index contributed by atoms with van der Waals surface area (Å²) in [5.74, 6) is 0.354. The van der Waals surface area contributed by atoms with Crippen LogP contribution in [0.4, 0.5) is 0 Å². The first-order chi connectivity index (χ1) is 16.3. The first-order valence-corrected chi connectivity index (χ1v) is 13.9. The van der Waals surface area contributed by atoms with Crippen molar-refractivity contribution in [1.29, 1.82) is 0 Å². The van der Waals surface area contributed by atoms with Gasteiger partial charge in [-0.3, -0.25) is 9.59 Å². The molecule has 1 atom stereocenters. The van der Waals surface area contributed by atoms with E-state index in [1.807, 2.05) is 9.80 Å². The highest BCUT2D eigenvalue weighted by molar-refractivity contribution is 7.10. The van der Waals surface area contributed by atoms with Gasteiger partial charge in [-0.2, -0.15) is 0 Å². The van der Waals surface area contributed by atoms with Gasteiger partial charge in [0, 0.05) is 23.9 Å². The first-order valence-electron chi connectivity index (χ1n) is 13.0. The minimum atomic E-state index is -0.0789. The molecule has 1 aliphatic heterocycles. The van der Waals surface area contributed by atoms with Crippen LogP contribution < -0.4 is 0 Å². The van der Waals surface area contributed by atoms with Crippen molar-refractivity contribution < 1.29 is 9.59 Å². The number of carbonyl (C=O) groups excluding carboxylic acids is 2. The monoisotopic (exact) mass is 480 g/mol. The molecule has 5 heteroatoms. The van der Waals surface area contributed by atoms with E-state index in [2.05, 4.69) is 63.4 Å². The number of hydrogen-bond donors (Lipinski definition) is 0. The Labute approximate surface area is 209 Å². The molecule has 1 aromatic heterocycles. The van der Waals surface area contributed by atoms with Gasteiger partial charge < -0.3 is 9.80 Å². The number of thiophene rings is 1. The van der Waals surface area contributed by atoms with E-state index in [-0.39, 0.29) is 35.7 Å². The Hall–Kier alpha value is -2.14. The molecule has 1 unspecified atom stereocenters. The van der Waals surface area contributed by atoms with Crippen molar-refractivity contribution >= 4 is 23.2 Å². The van der Waals surface area contributed by atoms with Gasteiger partial charge in [0.05, 0.1) is 12.6 Å². The molecule has 2 heterocycles. The highest BCUT2D eigenvalue weighted by Crippen LogP contribution is 2.38. The number of benzene rings is 1. The topological polar surface area (TPSA) is 40.6 Å². The summed E-state index contributed by atoms with van der Waals surface area (Å²) in [6.07, 6.45) is 7.19. The molecule has 0 N–H and O–H groups in total. The van der Waals surface area contributed by atoms with Gasteiger partial charge in [-0.05, 0) is 59.2 Å². The molecule has 0 saturated heterocycles. The van der Waals surface area contributed by atoms with Gasteiger partial charge in [0.15, 0.2) is 0 Å². The van der Waals surface area contributed by atoms with E-state index >= 15 is 0 Å². The van der Waals surface area contributed by atoms with Crippen LogP contribution in [-0.2, 0) is 21.4 Å². The lowest BCUT2D eigenvalue weighted by atomic mass is 9.85. The number of rotatable bonds is 6. The molecule has 4 nitrogen and oxygen atoms in total. The predicted molar refractivity (Wildman–Crippen MR) is 140 cm³/mol. The van der Waals surface area contributed by atoms with Crippen LogP contribution in [0.5, 0.6) is 0 Å². The zero-order valence-electron chi connectivity index (χ0n) is 21.3. The number of fused-ring (bicyclic) bond motifs is 1. The summed E-state index contributed by atoms with van der Waals surface area (Å²) in [6.45, 7) is 10.3. The molecule has 0 spiro atoms. The molecular formula is C29H40N2O2S. The fraction of sp³-hybridized carbons (Fsp3) is 0.586. The second-order valence-electron chi connectivity index (χ2n) is 11.0. The van der Waals surface area contributed by atoms with Crippen LogP contribution in [0.2, 0.25) is 0 Å². The van der Waals surface area contributed by atoms with Crippen LogP contribution >= 0.6 is 11.3 Å². The third-order valence-corrected chi connectivity index (χ3v) is 8.46. The largest absolute Gasteiger partial charge is 0.333 e. The molecule has 2 aromatic rings. The number of hydrogen-bond acceptors (Lipinski definition) is 3. The SMILES string of the molecule is CCCN(CC(=O)N1CCc2sccc2C1c1ccc(C(C)(C)C)cc1)C(=O)C1CCCCC1. The van der Waals surface area contributed by atoms with Crippen LogP contribution in [0.25, 0.3) is 0 Å². The van der Waals surface area contributed by atoms with Gasteiger partial charge in [0.25, 0.3) is 0 Å². The molecule has 184 valence electrons. The van der Waals surface area contributed by atoms with E-state index in [1.54, 1.807) is 11.3 Å². The minimum absolute atomic E-state index is 0.0688. The smallest absolute Gasteiger partial charge is 0.242 e. The van der Waals surface area contributed by atoms with Gasteiger partial charge >= 0.3 is 0 Å². The van der Waals surface area contributed by atoms with Crippen molar-refractivity contribution in [3.8, 4) is 0 Å². The first kappa shape index (κ1) is 25.0. The molecule has 2 aliphatic rings. The summed E-state index contributed by atoms with van der Waals surface area (Å²) in [5, 5.41) is 2.14. The maximum atomic E-state index is 13.7. The van der Waals surface area contributed by atoms with Gasteiger partial charge in [0.1, 0.15) is 0 Å². The lowest BCUT2D eigenvalue weighted by Gasteiger charge is -2.38. The predicted octanol–water partition coefficient (Wildman–Crippen LogP) is 6.34. The zero-order valence-corrected chi connectivity index (χ0v) is 22.1. The minimum Gasteiger partial charge on any atom is -0.333 e. The lowest BCUT2D eigenvalue weighted by Crippen LogP contribution is -2.48. The maximum Gasteiger partial charge on any atom is 0.242 e. The molecule has 0 radical (unpaired) electrons. The van der Waals surface area contributed by atoms with Crippen molar-refractivity contribution in [3.63, 3.8) is 0 Å². The van der Waals surface area contributed by atoms with Crippen LogP contribution in [0.3, 0.4) is 0 Å². The molecule has 1 fully saturated rings. The summed E-state index contributed by atoms with van der Waals surface area (Å²) >= 11 is 1.79. The molecule has 0 bridgehead atoms. The van der Waals surface area contributed by atoms with Crippen LogP contribution in [-0.4, -0.2) is 41.2 Å². The third-order valence-electron chi connectivity index (χ3n) is 7.46. The van der Waals surface area contributed by atoms with E-state index in [4.69, 9.17) is 0 Å². The van der Waals surface area contributed by atoms with Crippen LogP contribution in [0, 0.1) is 5.92 Å². The van der Waals surface area contributed by atoms with Crippen molar-refractivity contribution in [2.24, 2.45) is 5.92 Å². The van der Waals surface area contributed by atoms with E-state index in [0.717, 1.165) is 44.1 Å². The summed E-state index contributed by atoms with van der Waals surface area (Å²) < 4.78 is 0. The molecule has 34 heavy (non-hydrogen) atoms. The van der Waals surface area contributed by atoms with Crippen molar-refractivity contribution in [2.75, 3.05) is 19.6 Å². The fourth-order valence-electron chi connectivity index (χ4n) is 5.51. The number of amides is 2. The van der Waals surface area contributed by atoms with Crippen molar-refractivity contribution in [3.05, 3.63) is 57.3 Å². The van der Waals surface area contributed by atoms with Gasteiger partial charge in [0.2, 0.25) is 11.8 Å². The Balaban J connectivity index is 1.58.